The van der Waals surface area contributed by atoms with Crippen LogP contribution < -0.4 is 0 Å². The van der Waals surface area contributed by atoms with Gasteiger partial charge in [0, 0.05) is 19.5 Å². The van der Waals surface area contributed by atoms with Gasteiger partial charge in [-0.05, 0) is 36.5 Å². The molecule has 1 saturated heterocycles. The number of halogens is 1. The van der Waals surface area contributed by atoms with Crippen molar-refractivity contribution in [3.05, 3.63) is 35.6 Å². The number of hydrogen-bond acceptors (Lipinski definition) is 2. The molecule has 5 heteroatoms. The molecular formula is C16H20FNO3. The number of amides is 1. The number of carboxylic acid groups (broad SMARTS) is 1. The molecule has 1 aromatic carbocycles. The van der Waals surface area contributed by atoms with Crippen molar-refractivity contribution < 1.29 is 19.1 Å². The van der Waals surface area contributed by atoms with E-state index in [1.807, 2.05) is 13.0 Å². The van der Waals surface area contributed by atoms with Crippen molar-refractivity contribution in [3.8, 4) is 0 Å². The maximum absolute atomic E-state index is 13.2. The van der Waals surface area contributed by atoms with Crippen LogP contribution in [0.2, 0.25) is 0 Å². The molecule has 1 N–H and O–H groups in total. The Morgan fingerprint density at radius 2 is 2.05 bits per heavy atom. The number of benzene rings is 1. The lowest BCUT2D eigenvalue weighted by Crippen LogP contribution is -2.40. The van der Waals surface area contributed by atoms with Gasteiger partial charge in [-0.2, -0.15) is 0 Å². The van der Waals surface area contributed by atoms with Crippen molar-refractivity contribution >= 4 is 11.9 Å². The average Bonchev–Trinajstić information content (AvgIpc) is 2.47. The fraction of sp³-hybridized carbons (Fsp3) is 0.500. The number of hydrogen-bond donors (Lipinski definition) is 1. The Kier molecular flexibility index (Phi) is 4.94. The number of aliphatic carboxylic acids is 1. The van der Waals surface area contributed by atoms with Gasteiger partial charge in [0.25, 0.3) is 0 Å². The zero-order valence-corrected chi connectivity index (χ0v) is 12.1. The Bertz CT molecular complexity index is 524. The van der Waals surface area contributed by atoms with Gasteiger partial charge in [-0.3, -0.25) is 9.59 Å². The Hall–Kier alpha value is -1.91. The standard InChI is InChI=1S/C16H20FNO3/c1-11(13-3-2-4-14(17)10-13)9-15(19)18-7-5-12(6-8-18)16(20)21/h2-4,10-12H,5-9H2,1H3,(H,20,21). The SMILES string of the molecule is CC(CC(=O)N1CCC(C(=O)O)CC1)c1cccc(F)c1. The minimum absolute atomic E-state index is 0.00981. The van der Waals surface area contributed by atoms with Gasteiger partial charge in [0.05, 0.1) is 5.92 Å². The lowest BCUT2D eigenvalue weighted by atomic mass is 9.94. The molecule has 114 valence electrons. The maximum Gasteiger partial charge on any atom is 0.306 e. The van der Waals surface area contributed by atoms with Gasteiger partial charge >= 0.3 is 5.97 Å². The number of carbonyl (C=O) groups excluding carboxylic acids is 1. The van der Waals surface area contributed by atoms with Gasteiger partial charge in [0.1, 0.15) is 5.82 Å². The smallest absolute Gasteiger partial charge is 0.306 e. The second kappa shape index (κ2) is 6.70. The molecule has 0 aliphatic carbocycles. The monoisotopic (exact) mass is 293 g/mol. The van der Waals surface area contributed by atoms with E-state index in [-0.39, 0.29) is 23.6 Å². The van der Waals surface area contributed by atoms with Crippen molar-refractivity contribution in [2.24, 2.45) is 5.92 Å². The fourth-order valence-corrected chi connectivity index (χ4v) is 2.70. The molecule has 1 unspecified atom stereocenters. The van der Waals surface area contributed by atoms with Crippen LogP contribution in [-0.2, 0) is 9.59 Å². The molecule has 0 spiro atoms. The fourth-order valence-electron chi connectivity index (χ4n) is 2.70. The number of nitrogens with zero attached hydrogens (tertiary/aromatic N) is 1. The van der Waals surface area contributed by atoms with Crippen LogP contribution in [0.3, 0.4) is 0 Å². The van der Waals surface area contributed by atoms with E-state index >= 15 is 0 Å². The van der Waals surface area contributed by atoms with Crippen LogP contribution in [0.5, 0.6) is 0 Å². The summed E-state index contributed by atoms with van der Waals surface area (Å²) >= 11 is 0. The van der Waals surface area contributed by atoms with Crippen molar-refractivity contribution in [3.63, 3.8) is 0 Å². The van der Waals surface area contributed by atoms with Crippen LogP contribution in [0.1, 0.15) is 37.7 Å². The molecular weight excluding hydrogens is 273 g/mol. The Labute approximate surface area is 123 Å². The topological polar surface area (TPSA) is 57.6 Å². The second-order valence-electron chi connectivity index (χ2n) is 5.65. The molecule has 4 nitrogen and oxygen atoms in total. The highest BCUT2D eigenvalue weighted by atomic mass is 19.1. The lowest BCUT2D eigenvalue weighted by Gasteiger charge is -2.31. The van der Waals surface area contributed by atoms with Crippen LogP contribution in [0.25, 0.3) is 0 Å². The van der Waals surface area contributed by atoms with Gasteiger partial charge in [-0.1, -0.05) is 19.1 Å². The molecule has 0 saturated carbocycles. The predicted molar refractivity (Wildman–Crippen MR) is 76.4 cm³/mol. The van der Waals surface area contributed by atoms with Gasteiger partial charge in [-0.25, -0.2) is 4.39 Å². The molecule has 1 aliphatic rings. The molecule has 1 amide bonds. The number of piperidine rings is 1. The minimum atomic E-state index is -0.782. The third kappa shape index (κ3) is 4.03. The predicted octanol–water partition coefficient (Wildman–Crippen LogP) is 2.64. The number of carbonyl (C=O) groups is 2. The summed E-state index contributed by atoms with van der Waals surface area (Å²) in [6.07, 6.45) is 1.34. The normalized spacial score (nSPS) is 17.5. The van der Waals surface area contributed by atoms with Crippen molar-refractivity contribution in [2.45, 2.75) is 32.1 Å². The average molecular weight is 293 g/mol. The van der Waals surface area contributed by atoms with Gasteiger partial charge in [0.2, 0.25) is 5.91 Å². The molecule has 0 bridgehead atoms. The highest BCUT2D eigenvalue weighted by Crippen LogP contribution is 2.23. The van der Waals surface area contributed by atoms with Gasteiger partial charge in [0.15, 0.2) is 0 Å². The largest absolute Gasteiger partial charge is 0.481 e. The van der Waals surface area contributed by atoms with E-state index in [4.69, 9.17) is 5.11 Å². The molecule has 1 aliphatic heterocycles. The van der Waals surface area contributed by atoms with E-state index in [1.165, 1.54) is 12.1 Å². The zero-order chi connectivity index (χ0) is 15.4. The third-order valence-electron chi connectivity index (χ3n) is 4.10. The lowest BCUT2D eigenvalue weighted by molar-refractivity contribution is -0.145. The molecule has 1 atom stereocenters. The maximum atomic E-state index is 13.2. The summed E-state index contributed by atoms with van der Waals surface area (Å²) in [6, 6.07) is 6.30. The summed E-state index contributed by atoms with van der Waals surface area (Å²) < 4.78 is 13.2. The highest BCUT2D eigenvalue weighted by Gasteiger charge is 2.27. The number of likely N-dealkylation sites (tertiary alicyclic amines) is 1. The quantitative estimate of drug-likeness (QED) is 0.928. The molecule has 1 aromatic rings. The summed E-state index contributed by atoms with van der Waals surface area (Å²) in [5.41, 5.74) is 0.809. The minimum Gasteiger partial charge on any atom is -0.481 e. The van der Waals surface area contributed by atoms with E-state index in [9.17, 15) is 14.0 Å². The molecule has 1 fully saturated rings. The van der Waals surface area contributed by atoms with Crippen molar-refractivity contribution in [2.75, 3.05) is 13.1 Å². The van der Waals surface area contributed by atoms with E-state index in [2.05, 4.69) is 0 Å². The van der Waals surface area contributed by atoms with Gasteiger partial charge < -0.3 is 10.0 Å². The van der Waals surface area contributed by atoms with Gasteiger partial charge in [-0.15, -0.1) is 0 Å². The number of rotatable bonds is 4. The van der Waals surface area contributed by atoms with E-state index in [0.717, 1.165) is 5.56 Å². The van der Waals surface area contributed by atoms with Crippen LogP contribution in [0.15, 0.2) is 24.3 Å². The highest BCUT2D eigenvalue weighted by molar-refractivity contribution is 5.77. The van der Waals surface area contributed by atoms with Crippen molar-refractivity contribution in [1.29, 1.82) is 0 Å². The Morgan fingerprint density at radius 1 is 1.38 bits per heavy atom. The first-order valence-electron chi connectivity index (χ1n) is 7.23. The second-order valence-corrected chi connectivity index (χ2v) is 5.65. The number of carboxylic acids is 1. The van der Waals surface area contributed by atoms with Crippen LogP contribution >= 0.6 is 0 Å². The summed E-state index contributed by atoms with van der Waals surface area (Å²) in [5, 5.41) is 8.94. The summed E-state index contributed by atoms with van der Waals surface area (Å²) in [7, 11) is 0. The molecule has 0 aromatic heterocycles. The third-order valence-corrected chi connectivity index (χ3v) is 4.10. The molecule has 21 heavy (non-hydrogen) atoms. The Morgan fingerprint density at radius 3 is 2.62 bits per heavy atom. The summed E-state index contributed by atoms with van der Waals surface area (Å²) in [4.78, 5) is 24.8. The Balaban J connectivity index is 1.89. The summed E-state index contributed by atoms with van der Waals surface area (Å²) in [6.45, 7) is 2.88. The van der Waals surface area contributed by atoms with Crippen LogP contribution in [0, 0.1) is 11.7 Å². The molecule has 1 heterocycles. The molecule has 2 rings (SSSR count). The van der Waals surface area contributed by atoms with E-state index in [0.29, 0.717) is 32.4 Å². The first kappa shape index (κ1) is 15.5. The van der Waals surface area contributed by atoms with Crippen molar-refractivity contribution in [1.82, 2.24) is 4.90 Å². The van der Waals surface area contributed by atoms with E-state index in [1.54, 1.807) is 11.0 Å². The first-order chi connectivity index (χ1) is 9.97. The zero-order valence-electron chi connectivity index (χ0n) is 12.1. The molecule has 0 radical (unpaired) electrons. The van der Waals surface area contributed by atoms with Crippen LogP contribution in [-0.4, -0.2) is 35.0 Å². The summed E-state index contributed by atoms with van der Waals surface area (Å²) in [5.74, 6) is -1.46. The first-order valence-corrected chi connectivity index (χ1v) is 7.23. The van der Waals surface area contributed by atoms with E-state index < -0.39 is 5.97 Å². The van der Waals surface area contributed by atoms with Crippen LogP contribution in [0.4, 0.5) is 4.39 Å².